The molecule has 7 rings (SSSR count). The van der Waals surface area contributed by atoms with E-state index in [9.17, 15) is 9.18 Å². The van der Waals surface area contributed by atoms with E-state index in [1.807, 2.05) is 49.9 Å². The van der Waals surface area contributed by atoms with Gasteiger partial charge in [-0.1, -0.05) is 62.7 Å². The van der Waals surface area contributed by atoms with Gasteiger partial charge < -0.3 is 18.8 Å². The lowest BCUT2D eigenvalue weighted by molar-refractivity contribution is 0.00676. The minimum atomic E-state index is -2.25. The summed E-state index contributed by atoms with van der Waals surface area (Å²) in [5.41, 5.74) is 0.592. The van der Waals surface area contributed by atoms with Crippen LogP contribution in [0.15, 0.2) is 60.9 Å². The number of nitrogens with zero attached hydrogens (tertiary/aromatic N) is 6. The number of carbonyl (C=O) groups is 1. The van der Waals surface area contributed by atoms with Gasteiger partial charge in [0.1, 0.15) is 28.4 Å². The predicted octanol–water partition coefficient (Wildman–Crippen LogP) is 9.38. The SMILES string of the molecule is CC(C)(C)OC(=O)N1[C@@H]2C[C@@H](O[Si](C)(C)C(C)(C)C)[C@H]1CN(c1nc(OCCc3ccc(F)cn3)nc3c(F)c(-c4cccc5cccc(Cl)c45)ncc13)C2. The van der Waals surface area contributed by atoms with E-state index in [1.165, 1.54) is 6.07 Å². The van der Waals surface area contributed by atoms with Gasteiger partial charge in [-0.3, -0.25) is 14.9 Å². The van der Waals surface area contributed by atoms with Crippen molar-refractivity contribution in [3.05, 3.63) is 83.3 Å². The van der Waals surface area contributed by atoms with Crippen molar-refractivity contribution >= 4 is 53.5 Å². The number of benzene rings is 2. The van der Waals surface area contributed by atoms with Crippen LogP contribution in [0, 0.1) is 11.6 Å². The number of aromatic nitrogens is 4. The van der Waals surface area contributed by atoms with Crippen molar-refractivity contribution in [2.24, 2.45) is 0 Å². The molecule has 2 saturated heterocycles. The fourth-order valence-electron chi connectivity index (χ4n) is 7.17. The number of fused-ring (bicyclic) bond motifs is 4. The molecule has 55 heavy (non-hydrogen) atoms. The molecule has 1 amide bonds. The smallest absolute Gasteiger partial charge is 0.411 e. The van der Waals surface area contributed by atoms with Crippen molar-refractivity contribution in [1.82, 2.24) is 24.8 Å². The highest BCUT2D eigenvalue weighted by molar-refractivity contribution is 6.74. The van der Waals surface area contributed by atoms with E-state index in [2.05, 4.69) is 53.7 Å². The van der Waals surface area contributed by atoms with Gasteiger partial charge >= 0.3 is 12.1 Å². The van der Waals surface area contributed by atoms with Gasteiger partial charge in [-0.2, -0.15) is 9.97 Å². The minimum Gasteiger partial charge on any atom is -0.463 e. The van der Waals surface area contributed by atoms with Crippen molar-refractivity contribution < 1.29 is 27.5 Å². The lowest BCUT2D eigenvalue weighted by Crippen LogP contribution is -2.59. The van der Waals surface area contributed by atoms with Crippen molar-refractivity contribution in [2.45, 2.75) is 96.3 Å². The molecule has 2 aromatic carbocycles. The molecule has 2 aliphatic heterocycles. The molecular formula is C41H47ClF2N6O4Si. The largest absolute Gasteiger partial charge is 0.463 e. The molecule has 14 heteroatoms. The van der Waals surface area contributed by atoms with Gasteiger partial charge in [0.15, 0.2) is 14.1 Å². The number of carbonyl (C=O) groups excluding carboxylic acids is 1. The van der Waals surface area contributed by atoms with E-state index in [4.69, 9.17) is 30.5 Å². The molecule has 3 atom stereocenters. The summed E-state index contributed by atoms with van der Waals surface area (Å²) in [6.45, 7) is 17.4. The summed E-state index contributed by atoms with van der Waals surface area (Å²) in [6.07, 6.45) is 3.07. The van der Waals surface area contributed by atoms with E-state index in [0.29, 0.717) is 58.8 Å². The summed E-state index contributed by atoms with van der Waals surface area (Å²) in [5, 5.41) is 2.35. The zero-order valence-electron chi connectivity index (χ0n) is 32.5. The maximum atomic E-state index is 17.0. The summed E-state index contributed by atoms with van der Waals surface area (Å²) in [5.74, 6) is -0.647. The standard InChI is InChI=1S/C41H47ClF2N6O4Si/c1-40(2,3)53-39(51)50-27-19-32(54-55(7,8)41(4,5)6)31(50)23-49(22-27)37-29-21-46-35(28-13-9-11-24-12-10-14-30(42)33(24)28)34(44)36(29)47-38(48-37)52-18-17-26-16-15-25(43)20-45-26/h9-16,20-21,27,31-32H,17-19,22-23H2,1-8H3/t27-,31-,32-/m1/s1. The Bertz CT molecular complexity index is 2240. The predicted molar refractivity (Wildman–Crippen MR) is 213 cm³/mol. The van der Waals surface area contributed by atoms with Crippen LogP contribution < -0.4 is 9.64 Å². The Morgan fingerprint density at radius 2 is 1.71 bits per heavy atom. The Morgan fingerprint density at radius 3 is 2.40 bits per heavy atom. The van der Waals surface area contributed by atoms with Gasteiger partial charge in [-0.15, -0.1) is 0 Å². The first kappa shape index (κ1) is 38.8. The van der Waals surface area contributed by atoms with E-state index in [0.717, 1.165) is 11.6 Å². The number of ether oxygens (including phenoxy) is 2. The average molecular weight is 789 g/mol. The Balaban J connectivity index is 1.30. The normalized spacial score (nSPS) is 19.0. The molecular weight excluding hydrogens is 742 g/mol. The number of anilines is 1. The fraction of sp³-hybridized carbons (Fsp3) is 0.439. The fourth-order valence-corrected chi connectivity index (χ4v) is 8.82. The summed E-state index contributed by atoms with van der Waals surface area (Å²) in [4.78, 5) is 35.9. The van der Waals surface area contributed by atoms with Gasteiger partial charge in [0.05, 0.1) is 36.4 Å². The minimum absolute atomic E-state index is 0.0324. The summed E-state index contributed by atoms with van der Waals surface area (Å²) in [7, 11) is -2.25. The molecule has 10 nitrogen and oxygen atoms in total. The molecule has 2 fully saturated rings. The van der Waals surface area contributed by atoms with Gasteiger partial charge in [0.2, 0.25) is 0 Å². The number of halogens is 3. The molecule has 0 radical (unpaired) electrons. The first-order chi connectivity index (χ1) is 25.9. The highest BCUT2D eigenvalue weighted by Gasteiger charge is 2.53. The van der Waals surface area contributed by atoms with Crippen molar-refractivity contribution in [3.8, 4) is 17.3 Å². The Kier molecular flexibility index (Phi) is 10.3. The molecule has 290 valence electrons. The number of piperazine rings is 1. The maximum Gasteiger partial charge on any atom is 0.411 e. The molecule has 2 aliphatic rings. The lowest BCUT2D eigenvalue weighted by atomic mass is 10.0. The second-order valence-corrected chi connectivity index (χ2v) is 22.1. The van der Waals surface area contributed by atoms with Crippen molar-refractivity contribution in [1.29, 1.82) is 0 Å². The number of rotatable bonds is 8. The Hall–Kier alpha value is -4.46. The van der Waals surface area contributed by atoms with Crippen LogP contribution >= 0.6 is 11.6 Å². The highest BCUT2D eigenvalue weighted by Crippen LogP contribution is 2.44. The van der Waals surface area contributed by atoms with Crippen LogP contribution in [0.5, 0.6) is 6.01 Å². The third-order valence-corrected chi connectivity index (χ3v) is 15.6. The summed E-state index contributed by atoms with van der Waals surface area (Å²) < 4.78 is 49.5. The maximum absolute atomic E-state index is 17.0. The lowest BCUT2D eigenvalue weighted by Gasteiger charge is -2.44. The van der Waals surface area contributed by atoms with E-state index >= 15 is 4.39 Å². The molecule has 0 spiro atoms. The van der Waals surface area contributed by atoms with Gasteiger partial charge in [0, 0.05) is 47.4 Å². The molecule has 0 unspecified atom stereocenters. The number of amides is 1. The van der Waals surface area contributed by atoms with Crippen LogP contribution in [-0.2, 0) is 15.6 Å². The molecule has 5 aromatic rings. The second kappa shape index (κ2) is 14.6. The number of hydrogen-bond acceptors (Lipinski definition) is 9. The molecule has 0 aliphatic carbocycles. The van der Waals surface area contributed by atoms with Gasteiger partial charge in [0.25, 0.3) is 0 Å². The van der Waals surface area contributed by atoms with Crippen LogP contribution in [0.2, 0.25) is 23.2 Å². The zero-order chi connectivity index (χ0) is 39.4. The van der Waals surface area contributed by atoms with Crippen molar-refractivity contribution in [2.75, 3.05) is 24.6 Å². The number of pyridine rings is 2. The zero-order valence-corrected chi connectivity index (χ0v) is 34.2. The quantitative estimate of drug-likeness (QED) is 0.142. The summed E-state index contributed by atoms with van der Waals surface area (Å²) in [6, 6.07) is 13.3. The molecule has 0 saturated carbocycles. The van der Waals surface area contributed by atoms with Gasteiger partial charge in [-0.05, 0) is 68.9 Å². The molecule has 5 heterocycles. The first-order valence-corrected chi connectivity index (χ1v) is 21.9. The Morgan fingerprint density at radius 1 is 0.964 bits per heavy atom. The van der Waals surface area contributed by atoms with E-state index in [1.54, 1.807) is 24.4 Å². The average Bonchev–Trinajstić information content (AvgIpc) is 3.32. The van der Waals surface area contributed by atoms with E-state index in [-0.39, 0.29) is 53.1 Å². The molecule has 0 N–H and O–H groups in total. The third-order valence-electron chi connectivity index (χ3n) is 10.8. The highest BCUT2D eigenvalue weighted by atomic mass is 35.5. The number of hydrogen-bond donors (Lipinski definition) is 0. The van der Waals surface area contributed by atoms with Crippen LogP contribution in [-0.4, -0.2) is 82.7 Å². The second-order valence-electron chi connectivity index (χ2n) is 16.9. The summed E-state index contributed by atoms with van der Waals surface area (Å²) >= 11 is 6.66. The van der Waals surface area contributed by atoms with Crippen LogP contribution in [0.1, 0.15) is 53.7 Å². The molecule has 2 bridgehead atoms. The third kappa shape index (κ3) is 7.83. The molecule has 3 aromatic heterocycles. The van der Waals surface area contributed by atoms with Crippen LogP contribution in [0.25, 0.3) is 32.9 Å². The topological polar surface area (TPSA) is 103 Å². The van der Waals surface area contributed by atoms with Gasteiger partial charge in [-0.25, -0.2) is 13.6 Å². The van der Waals surface area contributed by atoms with Crippen LogP contribution in [0.3, 0.4) is 0 Å². The first-order valence-electron chi connectivity index (χ1n) is 18.6. The van der Waals surface area contributed by atoms with Crippen LogP contribution in [0.4, 0.5) is 19.4 Å². The van der Waals surface area contributed by atoms with Crippen molar-refractivity contribution in [3.63, 3.8) is 0 Å². The Labute approximate surface area is 326 Å². The van der Waals surface area contributed by atoms with E-state index < -0.39 is 25.6 Å². The monoisotopic (exact) mass is 788 g/mol.